The lowest BCUT2D eigenvalue weighted by Crippen LogP contribution is -2.20. The number of rotatable bonds is 3. The second-order valence-electron chi connectivity index (χ2n) is 14.3. The molecule has 2 aliphatic carbocycles. The van der Waals surface area contributed by atoms with Gasteiger partial charge in [0.15, 0.2) is 0 Å². The van der Waals surface area contributed by atoms with Crippen LogP contribution in [0.15, 0.2) is 140 Å². The van der Waals surface area contributed by atoms with Gasteiger partial charge >= 0.3 is 0 Å². The van der Waals surface area contributed by atoms with Gasteiger partial charge in [-0.25, -0.2) is 4.98 Å². The first-order chi connectivity index (χ1) is 24.2. The lowest BCUT2D eigenvalue weighted by atomic mass is 9.75. The number of hydrogen-bond acceptors (Lipinski definition) is 1. The van der Waals surface area contributed by atoms with Crippen molar-refractivity contribution in [2.75, 3.05) is 0 Å². The van der Waals surface area contributed by atoms with Crippen LogP contribution in [-0.2, 0) is 5.41 Å². The third-order valence-electron chi connectivity index (χ3n) is 11.8. The van der Waals surface area contributed by atoms with Gasteiger partial charge in [0.1, 0.15) is 5.82 Å². The maximum Gasteiger partial charge on any atom is 0.111 e. The number of aromatic nitrogens is 2. The van der Waals surface area contributed by atoms with Crippen molar-refractivity contribution in [3.8, 4) is 39.1 Å². The van der Waals surface area contributed by atoms with Crippen LogP contribution in [-0.4, -0.2) is 9.55 Å². The number of fused-ring (bicyclic) bond motifs is 6. The molecule has 1 aromatic heterocycles. The van der Waals surface area contributed by atoms with Gasteiger partial charge < -0.3 is 0 Å². The first-order valence-corrected chi connectivity index (χ1v) is 17.7. The summed E-state index contributed by atoms with van der Waals surface area (Å²) in [5, 5.41) is 8.07. The number of nitrogens with zero attached hydrogens (tertiary/aromatic N) is 2. The van der Waals surface area contributed by atoms with Crippen molar-refractivity contribution < 1.29 is 0 Å². The molecule has 1 heterocycles. The van der Waals surface area contributed by atoms with Crippen molar-refractivity contribution >= 4 is 43.4 Å². The largest absolute Gasteiger partial charge is 0.297 e. The van der Waals surface area contributed by atoms with E-state index in [0.717, 1.165) is 22.5 Å². The van der Waals surface area contributed by atoms with Crippen LogP contribution >= 0.6 is 0 Å². The highest BCUT2D eigenvalue weighted by Crippen LogP contribution is 2.58. The monoisotopic (exact) mass is 626 g/mol. The quantitative estimate of drug-likeness (QED) is 0.178. The fourth-order valence-electron chi connectivity index (χ4n) is 9.62. The Morgan fingerprint density at radius 2 is 1.14 bits per heavy atom. The molecule has 2 nitrogen and oxygen atoms in total. The Morgan fingerprint density at radius 3 is 1.92 bits per heavy atom. The van der Waals surface area contributed by atoms with Crippen molar-refractivity contribution in [2.45, 2.75) is 38.0 Å². The fourth-order valence-corrected chi connectivity index (χ4v) is 9.62. The normalized spacial score (nSPS) is 14.9. The summed E-state index contributed by atoms with van der Waals surface area (Å²) >= 11 is 0. The molecule has 2 heteroatoms. The third kappa shape index (κ3) is 3.75. The zero-order chi connectivity index (χ0) is 32.3. The summed E-state index contributed by atoms with van der Waals surface area (Å²) < 4.78 is 2.25. The van der Waals surface area contributed by atoms with Crippen molar-refractivity contribution in [1.29, 1.82) is 0 Å². The molecule has 0 N–H and O–H groups in total. The molecule has 1 spiro atoms. The van der Waals surface area contributed by atoms with Gasteiger partial charge in [0.2, 0.25) is 0 Å². The Labute approximate surface area is 285 Å². The lowest BCUT2D eigenvalue weighted by molar-refractivity contribution is 0.550. The minimum atomic E-state index is 0.0766. The Hall–Kier alpha value is -5.73. The van der Waals surface area contributed by atoms with Crippen molar-refractivity contribution in [3.05, 3.63) is 156 Å². The summed E-state index contributed by atoms with van der Waals surface area (Å²) in [6.07, 6.45) is 4.98. The Kier molecular flexibility index (Phi) is 5.51. The molecular weight excluding hydrogens is 593 g/mol. The van der Waals surface area contributed by atoms with E-state index in [9.17, 15) is 0 Å². The molecular formula is C47H34N2. The highest BCUT2D eigenvalue weighted by Gasteiger charge is 2.45. The maximum absolute atomic E-state index is 4.79. The van der Waals surface area contributed by atoms with Crippen molar-refractivity contribution in [1.82, 2.24) is 9.55 Å². The van der Waals surface area contributed by atoms with Crippen LogP contribution in [0, 0.1) is 6.92 Å². The molecule has 9 aromatic rings. The first-order valence-electron chi connectivity index (χ1n) is 17.7. The minimum Gasteiger partial charge on any atom is -0.297 e. The second kappa shape index (κ2) is 9.90. The molecule has 2 aliphatic rings. The van der Waals surface area contributed by atoms with Gasteiger partial charge in [-0.15, -0.1) is 0 Å². The van der Waals surface area contributed by atoms with Crippen LogP contribution in [0.25, 0.3) is 82.4 Å². The van der Waals surface area contributed by atoms with Gasteiger partial charge in [0.25, 0.3) is 0 Å². The number of imidazole rings is 1. The van der Waals surface area contributed by atoms with Crippen LogP contribution in [0.2, 0.25) is 0 Å². The number of aryl methyl sites for hydroxylation is 1. The van der Waals surface area contributed by atoms with Gasteiger partial charge in [-0.1, -0.05) is 116 Å². The topological polar surface area (TPSA) is 17.8 Å². The zero-order valence-corrected chi connectivity index (χ0v) is 27.5. The van der Waals surface area contributed by atoms with Gasteiger partial charge in [0.05, 0.1) is 11.0 Å². The van der Waals surface area contributed by atoms with Crippen LogP contribution < -0.4 is 0 Å². The molecule has 0 unspecified atom stereocenters. The molecule has 0 radical (unpaired) electrons. The first kappa shape index (κ1) is 27.2. The van der Waals surface area contributed by atoms with E-state index >= 15 is 0 Å². The molecule has 11 rings (SSSR count). The minimum absolute atomic E-state index is 0.0766. The lowest BCUT2D eigenvalue weighted by Gasteiger charge is -2.27. The van der Waals surface area contributed by atoms with E-state index < -0.39 is 0 Å². The summed E-state index contributed by atoms with van der Waals surface area (Å²) in [5.41, 5.74) is 14.5. The number of benzene rings is 8. The average molecular weight is 627 g/mol. The Morgan fingerprint density at radius 1 is 0.531 bits per heavy atom. The molecule has 49 heavy (non-hydrogen) atoms. The van der Waals surface area contributed by atoms with Crippen molar-refractivity contribution in [3.63, 3.8) is 0 Å². The van der Waals surface area contributed by atoms with Crippen LogP contribution in [0.5, 0.6) is 0 Å². The summed E-state index contributed by atoms with van der Waals surface area (Å²) in [7, 11) is 0. The molecule has 232 valence electrons. The van der Waals surface area contributed by atoms with Crippen LogP contribution in [0.3, 0.4) is 0 Å². The molecule has 1 saturated carbocycles. The van der Waals surface area contributed by atoms with E-state index in [4.69, 9.17) is 4.98 Å². The van der Waals surface area contributed by atoms with Gasteiger partial charge in [-0.2, -0.15) is 0 Å². The van der Waals surface area contributed by atoms with Gasteiger partial charge in [-0.3, -0.25) is 4.57 Å². The standard InChI is InChI=1S/C47H34N2/c1-29-48-43-9-2-3-10-44(43)49(29)36-19-13-30(14-20-36)34-17-22-38-39-23-18-35(28-42(39)47(41(38)27-34)25-4-5-26-47)37-21-15-33-12-11-31-7-6-8-32-16-24-40(37)46(33)45(31)32/h2-3,6-24,27-28H,4-5,25-26H2,1H3. The SMILES string of the molecule is Cc1nc2ccccc2n1-c1ccc(-c2ccc3c(c2)C2(CCCC2)c2cc(-c4ccc5ccc6cccc7ccc4c5c67)ccc2-3)cc1. The van der Waals surface area contributed by atoms with E-state index in [0.29, 0.717) is 0 Å². The molecule has 0 bridgehead atoms. The predicted molar refractivity (Wildman–Crippen MR) is 205 cm³/mol. The molecule has 0 atom stereocenters. The molecule has 8 aromatic carbocycles. The molecule has 1 fully saturated rings. The highest BCUT2D eigenvalue weighted by molar-refractivity contribution is 6.25. The van der Waals surface area contributed by atoms with E-state index in [1.807, 2.05) is 0 Å². The second-order valence-corrected chi connectivity index (χ2v) is 14.3. The fraction of sp³-hybridized carbons (Fsp3) is 0.128. The van der Waals surface area contributed by atoms with E-state index in [-0.39, 0.29) is 5.41 Å². The van der Waals surface area contributed by atoms with E-state index in [2.05, 4.69) is 151 Å². The van der Waals surface area contributed by atoms with E-state index in [1.54, 1.807) is 0 Å². The van der Waals surface area contributed by atoms with Gasteiger partial charge in [0, 0.05) is 11.1 Å². The van der Waals surface area contributed by atoms with Gasteiger partial charge in [-0.05, 0) is 133 Å². The van der Waals surface area contributed by atoms with Crippen LogP contribution in [0.1, 0.15) is 42.6 Å². The molecule has 0 aliphatic heterocycles. The Balaban J connectivity index is 1.02. The van der Waals surface area contributed by atoms with E-state index in [1.165, 1.54) is 103 Å². The summed E-state index contributed by atoms with van der Waals surface area (Å²) in [5.74, 6) is 1.01. The summed E-state index contributed by atoms with van der Waals surface area (Å²) in [6.45, 7) is 2.09. The van der Waals surface area contributed by atoms with Crippen LogP contribution in [0.4, 0.5) is 0 Å². The third-order valence-corrected chi connectivity index (χ3v) is 11.8. The predicted octanol–water partition coefficient (Wildman–Crippen LogP) is 12.4. The molecule has 0 saturated heterocycles. The number of hydrogen-bond donors (Lipinski definition) is 0. The summed E-state index contributed by atoms with van der Waals surface area (Å²) in [4.78, 5) is 4.79. The smallest absolute Gasteiger partial charge is 0.111 e. The number of para-hydroxylation sites is 2. The summed E-state index contributed by atoms with van der Waals surface area (Å²) in [6, 6.07) is 52.6. The van der Waals surface area contributed by atoms with Crippen molar-refractivity contribution in [2.24, 2.45) is 0 Å². The highest BCUT2D eigenvalue weighted by atomic mass is 15.1. The molecule has 0 amide bonds. The zero-order valence-electron chi connectivity index (χ0n) is 27.5. The Bertz CT molecular complexity index is 2760. The maximum atomic E-state index is 4.79. The average Bonchev–Trinajstić information content (AvgIpc) is 3.85.